The summed E-state index contributed by atoms with van der Waals surface area (Å²) in [6.07, 6.45) is 0. The second kappa shape index (κ2) is 4.00. The summed E-state index contributed by atoms with van der Waals surface area (Å²) < 4.78 is 27.2. The van der Waals surface area contributed by atoms with Crippen molar-refractivity contribution in [2.45, 2.75) is 31.3 Å². The van der Waals surface area contributed by atoms with E-state index in [-0.39, 0.29) is 10.5 Å². The topological polar surface area (TPSA) is 43.4 Å². The third-order valence-corrected chi connectivity index (χ3v) is 2.24. The first-order chi connectivity index (χ1) is 6.40. The zero-order chi connectivity index (χ0) is 10.8. The van der Waals surface area contributed by atoms with E-state index in [0.29, 0.717) is 5.75 Å². The Morgan fingerprint density at radius 3 is 2.21 bits per heavy atom. The molecule has 0 atom stereocenters. The molecule has 0 saturated carbocycles. The van der Waals surface area contributed by atoms with Crippen LogP contribution in [0.1, 0.15) is 20.8 Å². The molecule has 0 fully saturated rings. The maximum atomic E-state index is 10.9. The highest BCUT2D eigenvalue weighted by Gasteiger charge is 2.14. The minimum atomic E-state index is -2.59. The predicted octanol–water partition coefficient (Wildman–Crippen LogP) is 1.83. The summed E-state index contributed by atoms with van der Waals surface area (Å²) in [4.78, 5) is 0.234. The normalized spacial score (nSPS) is 11.7. The van der Waals surface area contributed by atoms with Crippen molar-refractivity contribution in [3.8, 4) is 5.75 Å². The van der Waals surface area contributed by atoms with Crippen LogP contribution in [-0.2, 0) is 10.7 Å². The monoisotopic (exact) mass is 214 g/mol. The van der Waals surface area contributed by atoms with E-state index >= 15 is 0 Å². The van der Waals surface area contributed by atoms with Gasteiger partial charge in [-0.05, 0) is 32.9 Å². The quantitative estimate of drug-likeness (QED) is 0.764. The standard InChI is InChI=1S/C10H14O3S/c1-10(2,3)13-8-6-4-5-7-9(8)14(11)12/h4-7,14H,1-3H3. The third-order valence-electron chi connectivity index (χ3n) is 1.48. The maximum absolute atomic E-state index is 10.9. The number of hydrogen-bond acceptors (Lipinski definition) is 3. The van der Waals surface area contributed by atoms with E-state index < -0.39 is 10.7 Å². The lowest BCUT2D eigenvalue weighted by molar-refractivity contribution is 0.126. The van der Waals surface area contributed by atoms with Crippen molar-refractivity contribution in [1.82, 2.24) is 0 Å². The largest absolute Gasteiger partial charge is 0.487 e. The van der Waals surface area contributed by atoms with Crippen molar-refractivity contribution < 1.29 is 13.2 Å². The Morgan fingerprint density at radius 2 is 1.71 bits per heavy atom. The van der Waals surface area contributed by atoms with Gasteiger partial charge in [0.15, 0.2) is 10.7 Å². The molecule has 0 aliphatic rings. The molecule has 0 unspecified atom stereocenters. The molecule has 14 heavy (non-hydrogen) atoms. The van der Waals surface area contributed by atoms with E-state index in [1.807, 2.05) is 20.8 Å². The Hall–Kier alpha value is -1.03. The van der Waals surface area contributed by atoms with E-state index in [1.54, 1.807) is 18.2 Å². The van der Waals surface area contributed by atoms with Crippen LogP contribution in [-0.4, -0.2) is 14.0 Å². The molecule has 1 rings (SSSR count). The average Bonchev–Trinajstić information content (AvgIpc) is 2.01. The average molecular weight is 214 g/mol. The van der Waals surface area contributed by atoms with Gasteiger partial charge in [0.2, 0.25) is 0 Å². The summed E-state index contributed by atoms with van der Waals surface area (Å²) in [6.45, 7) is 5.63. The van der Waals surface area contributed by atoms with E-state index in [0.717, 1.165) is 0 Å². The minimum absolute atomic E-state index is 0.234. The van der Waals surface area contributed by atoms with Crippen molar-refractivity contribution in [3.05, 3.63) is 24.3 Å². The van der Waals surface area contributed by atoms with E-state index in [2.05, 4.69) is 0 Å². The lowest BCUT2D eigenvalue weighted by atomic mass is 10.2. The molecule has 0 bridgehead atoms. The zero-order valence-electron chi connectivity index (χ0n) is 8.48. The smallest absolute Gasteiger partial charge is 0.171 e. The van der Waals surface area contributed by atoms with Crippen molar-refractivity contribution in [3.63, 3.8) is 0 Å². The summed E-state index contributed by atoms with van der Waals surface area (Å²) in [5, 5.41) is 0. The molecular weight excluding hydrogens is 200 g/mol. The van der Waals surface area contributed by atoms with Crippen LogP contribution in [0.5, 0.6) is 5.75 Å². The van der Waals surface area contributed by atoms with Crippen LogP contribution in [0.2, 0.25) is 0 Å². The molecule has 1 aromatic rings. The minimum Gasteiger partial charge on any atom is -0.487 e. The van der Waals surface area contributed by atoms with Crippen LogP contribution in [0.25, 0.3) is 0 Å². The Balaban J connectivity index is 3.08. The number of hydrogen-bond donors (Lipinski definition) is 1. The first-order valence-electron chi connectivity index (χ1n) is 4.32. The molecule has 0 heterocycles. The van der Waals surface area contributed by atoms with Gasteiger partial charge in [-0.2, -0.15) is 0 Å². The molecule has 0 spiro atoms. The van der Waals surface area contributed by atoms with E-state index in [4.69, 9.17) is 4.74 Å². The van der Waals surface area contributed by atoms with Crippen LogP contribution in [0.15, 0.2) is 29.2 Å². The van der Waals surface area contributed by atoms with Crippen molar-refractivity contribution in [2.24, 2.45) is 0 Å². The summed E-state index contributed by atoms with van der Waals surface area (Å²) in [6, 6.07) is 6.62. The van der Waals surface area contributed by atoms with Gasteiger partial charge in [0.1, 0.15) is 16.2 Å². The fourth-order valence-electron chi connectivity index (χ4n) is 1.02. The molecule has 78 valence electrons. The summed E-state index contributed by atoms with van der Waals surface area (Å²) in [5.74, 6) is 0.413. The molecule has 0 amide bonds. The summed E-state index contributed by atoms with van der Waals surface area (Å²) in [7, 11) is -2.59. The fourth-order valence-corrected chi connectivity index (χ4v) is 1.53. The zero-order valence-corrected chi connectivity index (χ0v) is 9.38. The Bertz CT molecular complexity index is 381. The Morgan fingerprint density at radius 1 is 1.14 bits per heavy atom. The van der Waals surface area contributed by atoms with Gasteiger partial charge in [-0.15, -0.1) is 0 Å². The molecule has 0 aliphatic carbocycles. The molecule has 1 aromatic carbocycles. The molecule has 0 radical (unpaired) electrons. The first kappa shape index (κ1) is 11.0. The Kier molecular flexibility index (Phi) is 3.16. The number of ether oxygens (including phenoxy) is 1. The third kappa shape index (κ3) is 3.03. The van der Waals surface area contributed by atoms with E-state index in [1.165, 1.54) is 6.07 Å². The number of rotatable bonds is 2. The van der Waals surface area contributed by atoms with Crippen LogP contribution >= 0.6 is 0 Å². The number of para-hydroxylation sites is 1. The predicted molar refractivity (Wildman–Crippen MR) is 55.4 cm³/mol. The van der Waals surface area contributed by atoms with Crippen LogP contribution in [0, 0.1) is 0 Å². The van der Waals surface area contributed by atoms with Gasteiger partial charge >= 0.3 is 0 Å². The molecular formula is C10H14O3S. The molecule has 0 N–H and O–H groups in total. The second-order valence-corrected chi connectivity index (χ2v) is 4.94. The number of benzene rings is 1. The molecule has 0 aromatic heterocycles. The summed E-state index contributed by atoms with van der Waals surface area (Å²) >= 11 is 0. The van der Waals surface area contributed by atoms with Gasteiger partial charge in [-0.3, -0.25) is 0 Å². The van der Waals surface area contributed by atoms with Crippen LogP contribution in [0.4, 0.5) is 0 Å². The van der Waals surface area contributed by atoms with Crippen LogP contribution in [0.3, 0.4) is 0 Å². The summed E-state index contributed by atoms with van der Waals surface area (Å²) in [5.41, 5.74) is -0.387. The van der Waals surface area contributed by atoms with Crippen LogP contribution < -0.4 is 4.74 Å². The van der Waals surface area contributed by atoms with E-state index in [9.17, 15) is 8.42 Å². The highest BCUT2D eigenvalue weighted by Crippen LogP contribution is 2.23. The first-order valence-corrected chi connectivity index (χ1v) is 5.50. The van der Waals surface area contributed by atoms with Gasteiger partial charge in [0.25, 0.3) is 0 Å². The number of thiol groups is 1. The highest BCUT2D eigenvalue weighted by molar-refractivity contribution is 7.72. The Labute approximate surface area is 85.7 Å². The fraction of sp³-hybridized carbons (Fsp3) is 0.400. The maximum Gasteiger partial charge on any atom is 0.171 e. The van der Waals surface area contributed by atoms with Gasteiger partial charge < -0.3 is 4.74 Å². The SMILES string of the molecule is CC(C)(C)Oc1ccccc1[SH](=O)=O. The molecule has 0 saturated heterocycles. The lowest BCUT2D eigenvalue weighted by Crippen LogP contribution is -2.23. The van der Waals surface area contributed by atoms with Gasteiger partial charge in [-0.25, -0.2) is 8.42 Å². The lowest BCUT2D eigenvalue weighted by Gasteiger charge is -2.21. The van der Waals surface area contributed by atoms with Gasteiger partial charge in [-0.1, -0.05) is 12.1 Å². The molecule has 0 aliphatic heterocycles. The van der Waals surface area contributed by atoms with Crippen molar-refractivity contribution in [2.75, 3.05) is 0 Å². The van der Waals surface area contributed by atoms with Crippen molar-refractivity contribution in [1.29, 1.82) is 0 Å². The van der Waals surface area contributed by atoms with Crippen molar-refractivity contribution >= 4 is 10.7 Å². The second-order valence-electron chi connectivity index (χ2n) is 3.94. The van der Waals surface area contributed by atoms with Gasteiger partial charge in [0.05, 0.1) is 0 Å². The molecule has 4 heteroatoms. The van der Waals surface area contributed by atoms with Gasteiger partial charge in [0, 0.05) is 0 Å². The highest BCUT2D eigenvalue weighted by atomic mass is 32.2. The molecule has 3 nitrogen and oxygen atoms in total.